The van der Waals surface area contributed by atoms with Crippen molar-refractivity contribution < 1.29 is 28.6 Å². The Balaban J connectivity index is 4.42. The minimum atomic E-state index is -0.788. The molecule has 1 atom stereocenters. The summed E-state index contributed by atoms with van der Waals surface area (Å²) >= 11 is 0. The Morgan fingerprint density at radius 1 is 0.333 bits per heavy atom. The summed E-state index contributed by atoms with van der Waals surface area (Å²) < 4.78 is 16.7. The van der Waals surface area contributed by atoms with Gasteiger partial charge in [0.1, 0.15) is 13.2 Å². The van der Waals surface area contributed by atoms with Crippen LogP contribution in [0.1, 0.15) is 258 Å². The van der Waals surface area contributed by atoms with E-state index in [4.69, 9.17) is 14.2 Å². The molecule has 0 aliphatic rings. The van der Waals surface area contributed by atoms with E-state index < -0.39 is 6.10 Å². The first-order valence-electron chi connectivity index (χ1n) is 25.6. The zero-order valence-corrected chi connectivity index (χ0v) is 39.7. The smallest absolute Gasteiger partial charge is 0.306 e. The molecular weight excluding hydrogens is 745 g/mol. The minimum absolute atomic E-state index is 0.0874. The summed E-state index contributed by atoms with van der Waals surface area (Å²) in [6, 6.07) is 0. The van der Waals surface area contributed by atoms with Crippen molar-refractivity contribution in [2.75, 3.05) is 13.2 Å². The van der Waals surface area contributed by atoms with Crippen LogP contribution in [0, 0.1) is 0 Å². The molecule has 348 valence electrons. The van der Waals surface area contributed by atoms with Gasteiger partial charge in [0.2, 0.25) is 0 Å². The molecule has 0 bridgehead atoms. The average molecular weight is 841 g/mol. The number of unbranched alkanes of at least 4 members (excludes halogenated alkanes) is 27. The predicted octanol–water partition coefficient (Wildman–Crippen LogP) is 16.7. The van der Waals surface area contributed by atoms with E-state index in [0.29, 0.717) is 19.3 Å². The van der Waals surface area contributed by atoms with Crippen LogP contribution in [0.15, 0.2) is 48.6 Å². The van der Waals surface area contributed by atoms with E-state index in [9.17, 15) is 14.4 Å². The Morgan fingerprint density at radius 2 is 0.600 bits per heavy atom. The van der Waals surface area contributed by atoms with Crippen LogP contribution in [0.3, 0.4) is 0 Å². The molecule has 0 saturated heterocycles. The van der Waals surface area contributed by atoms with Gasteiger partial charge in [-0.1, -0.05) is 204 Å². The van der Waals surface area contributed by atoms with Crippen molar-refractivity contribution in [2.45, 2.75) is 264 Å². The number of rotatable bonds is 46. The average Bonchev–Trinajstić information content (AvgIpc) is 3.24. The summed E-state index contributed by atoms with van der Waals surface area (Å²) in [6.07, 6.45) is 58.0. The molecule has 6 nitrogen and oxygen atoms in total. The van der Waals surface area contributed by atoms with Gasteiger partial charge in [-0.2, -0.15) is 0 Å². The maximum absolute atomic E-state index is 12.8. The summed E-state index contributed by atoms with van der Waals surface area (Å²) in [5, 5.41) is 0. The molecule has 0 heterocycles. The molecule has 0 spiro atoms. The fraction of sp³-hybridized carbons (Fsp3) is 0.796. The van der Waals surface area contributed by atoms with Crippen LogP contribution in [0.2, 0.25) is 0 Å². The molecule has 6 heteroatoms. The van der Waals surface area contributed by atoms with E-state index in [1.165, 1.54) is 141 Å². The highest BCUT2D eigenvalue weighted by molar-refractivity contribution is 5.71. The maximum atomic E-state index is 12.8. The molecule has 0 unspecified atom stereocenters. The molecule has 0 saturated carbocycles. The van der Waals surface area contributed by atoms with Gasteiger partial charge in [0.15, 0.2) is 6.10 Å². The van der Waals surface area contributed by atoms with Crippen LogP contribution in [0.4, 0.5) is 0 Å². The molecule has 0 radical (unpaired) electrons. The lowest BCUT2D eigenvalue weighted by Gasteiger charge is -2.18. The molecule has 0 rings (SSSR count). The molecule has 0 N–H and O–H groups in total. The highest BCUT2D eigenvalue weighted by Crippen LogP contribution is 2.15. The van der Waals surface area contributed by atoms with Gasteiger partial charge in [0, 0.05) is 19.3 Å². The zero-order chi connectivity index (χ0) is 43.7. The van der Waals surface area contributed by atoms with Gasteiger partial charge in [-0.3, -0.25) is 14.4 Å². The number of ether oxygens (including phenoxy) is 3. The van der Waals surface area contributed by atoms with Crippen molar-refractivity contribution in [2.24, 2.45) is 0 Å². The first-order valence-corrected chi connectivity index (χ1v) is 25.6. The number of carbonyl (C=O) groups is 3. The summed E-state index contributed by atoms with van der Waals surface area (Å²) in [4.78, 5) is 37.9. The third kappa shape index (κ3) is 46.4. The van der Waals surface area contributed by atoms with Gasteiger partial charge >= 0.3 is 17.9 Å². The van der Waals surface area contributed by atoms with Crippen LogP contribution in [0.5, 0.6) is 0 Å². The highest BCUT2D eigenvalue weighted by atomic mass is 16.6. The Hall–Kier alpha value is -2.63. The number of esters is 3. The second-order valence-corrected chi connectivity index (χ2v) is 17.1. The van der Waals surface area contributed by atoms with Crippen molar-refractivity contribution in [3.05, 3.63) is 48.6 Å². The van der Waals surface area contributed by atoms with E-state index in [0.717, 1.165) is 77.0 Å². The van der Waals surface area contributed by atoms with E-state index in [2.05, 4.69) is 69.4 Å². The third-order valence-electron chi connectivity index (χ3n) is 11.1. The molecule has 0 aliphatic carbocycles. The van der Waals surface area contributed by atoms with Crippen LogP contribution >= 0.6 is 0 Å². The fourth-order valence-electron chi connectivity index (χ4n) is 7.15. The zero-order valence-electron chi connectivity index (χ0n) is 39.7. The van der Waals surface area contributed by atoms with Gasteiger partial charge < -0.3 is 14.2 Å². The summed E-state index contributed by atoms with van der Waals surface area (Å²) in [7, 11) is 0. The quantitative estimate of drug-likeness (QED) is 0.0263. The van der Waals surface area contributed by atoms with Gasteiger partial charge in [-0.05, 0) is 83.5 Å². The van der Waals surface area contributed by atoms with Crippen molar-refractivity contribution in [1.82, 2.24) is 0 Å². The van der Waals surface area contributed by atoms with Gasteiger partial charge in [0.25, 0.3) is 0 Å². The Labute approximate surface area is 371 Å². The standard InChI is InChI=1S/C54H96O6/c1-4-7-10-13-16-19-22-25-27-29-32-34-37-40-43-46-52(55)58-49-51(60-54(57)48-45-42-39-36-31-24-21-18-15-12-9-6-3)50-59-53(56)47-44-41-38-35-33-30-28-26-23-20-17-14-11-8-5-2/h16,19,25-28,32,34,51H,4-15,17-18,20-24,29-31,33,35-50H2,1-3H3/b19-16-,27-25-,28-26-,34-32-/t51-/m1/s1. The van der Waals surface area contributed by atoms with Crippen LogP contribution < -0.4 is 0 Å². The fourth-order valence-corrected chi connectivity index (χ4v) is 7.15. The lowest BCUT2D eigenvalue weighted by atomic mass is 10.0. The number of carbonyl (C=O) groups excluding carboxylic acids is 3. The largest absolute Gasteiger partial charge is 0.462 e. The van der Waals surface area contributed by atoms with Crippen molar-refractivity contribution >= 4 is 17.9 Å². The second kappa shape index (κ2) is 49.0. The molecule has 60 heavy (non-hydrogen) atoms. The maximum Gasteiger partial charge on any atom is 0.306 e. The first-order chi connectivity index (χ1) is 29.5. The predicted molar refractivity (Wildman–Crippen MR) is 256 cm³/mol. The number of allylic oxidation sites excluding steroid dienone is 8. The van der Waals surface area contributed by atoms with Crippen molar-refractivity contribution in [1.29, 1.82) is 0 Å². The summed E-state index contributed by atoms with van der Waals surface area (Å²) in [5.74, 6) is -0.928. The van der Waals surface area contributed by atoms with Crippen LogP contribution in [-0.2, 0) is 28.6 Å². The van der Waals surface area contributed by atoms with Gasteiger partial charge in [-0.25, -0.2) is 0 Å². The summed E-state index contributed by atoms with van der Waals surface area (Å²) in [5.41, 5.74) is 0. The minimum Gasteiger partial charge on any atom is -0.462 e. The van der Waals surface area contributed by atoms with E-state index >= 15 is 0 Å². The molecule has 0 aliphatic heterocycles. The summed E-state index contributed by atoms with van der Waals surface area (Å²) in [6.45, 7) is 6.57. The molecule has 0 amide bonds. The van der Waals surface area contributed by atoms with Crippen molar-refractivity contribution in [3.63, 3.8) is 0 Å². The van der Waals surface area contributed by atoms with Crippen LogP contribution in [-0.4, -0.2) is 37.2 Å². The Kier molecular flexibility index (Phi) is 46.9. The molecular formula is C54H96O6. The second-order valence-electron chi connectivity index (χ2n) is 17.1. The molecule has 0 aromatic carbocycles. The normalized spacial score (nSPS) is 12.4. The lowest BCUT2D eigenvalue weighted by Crippen LogP contribution is -2.30. The van der Waals surface area contributed by atoms with E-state index in [1.807, 2.05) is 0 Å². The number of hydrogen-bond donors (Lipinski definition) is 0. The Morgan fingerprint density at radius 3 is 1.02 bits per heavy atom. The molecule has 0 aromatic heterocycles. The lowest BCUT2D eigenvalue weighted by molar-refractivity contribution is -0.167. The number of hydrogen-bond acceptors (Lipinski definition) is 6. The first kappa shape index (κ1) is 57.4. The monoisotopic (exact) mass is 841 g/mol. The molecule has 0 aromatic rings. The van der Waals surface area contributed by atoms with Gasteiger partial charge in [0.05, 0.1) is 0 Å². The third-order valence-corrected chi connectivity index (χ3v) is 11.1. The molecule has 0 fully saturated rings. The topological polar surface area (TPSA) is 78.9 Å². The van der Waals surface area contributed by atoms with Crippen molar-refractivity contribution in [3.8, 4) is 0 Å². The van der Waals surface area contributed by atoms with E-state index in [-0.39, 0.29) is 31.1 Å². The highest BCUT2D eigenvalue weighted by Gasteiger charge is 2.19. The van der Waals surface area contributed by atoms with Gasteiger partial charge in [-0.15, -0.1) is 0 Å². The van der Waals surface area contributed by atoms with E-state index in [1.54, 1.807) is 0 Å². The van der Waals surface area contributed by atoms with Crippen LogP contribution in [0.25, 0.3) is 0 Å². The SMILES string of the molecule is CCCCC/C=C\C/C=C\C/C=C\CCCCC(=O)OC[C@H](COC(=O)CCCCCCC/C=C\CCCCCCCC)OC(=O)CCCCCCCCCCCCCC. The Bertz CT molecular complexity index is 1060.